The van der Waals surface area contributed by atoms with Gasteiger partial charge in [-0.2, -0.15) is 0 Å². The van der Waals surface area contributed by atoms with E-state index >= 15 is 0 Å². The van der Waals surface area contributed by atoms with Crippen molar-refractivity contribution in [2.45, 2.75) is 26.3 Å². The zero-order chi connectivity index (χ0) is 12.4. The van der Waals surface area contributed by atoms with E-state index in [0.717, 1.165) is 23.7 Å². The van der Waals surface area contributed by atoms with Crippen molar-refractivity contribution in [3.05, 3.63) is 18.2 Å². The Bertz CT molecular complexity index is 431. The van der Waals surface area contributed by atoms with Crippen LogP contribution in [-0.2, 0) is 4.79 Å². The average molecular weight is 234 g/mol. The fraction of sp³-hybridized carbons (Fsp3) is 0.462. The Labute approximate surface area is 102 Å². The van der Waals surface area contributed by atoms with E-state index in [1.54, 1.807) is 7.11 Å². The first-order valence-electron chi connectivity index (χ1n) is 5.90. The van der Waals surface area contributed by atoms with Crippen LogP contribution in [0.2, 0.25) is 0 Å². The number of carbonyl (C=O) groups excluding carboxylic acids is 1. The molecule has 1 atom stereocenters. The summed E-state index contributed by atoms with van der Waals surface area (Å²) in [6.45, 7) is 5.03. The molecule has 0 fully saturated rings. The van der Waals surface area contributed by atoms with Gasteiger partial charge in [0.05, 0.1) is 18.5 Å². The Morgan fingerprint density at radius 2 is 2.29 bits per heavy atom. The maximum absolute atomic E-state index is 11.7. The van der Waals surface area contributed by atoms with Crippen molar-refractivity contribution in [1.29, 1.82) is 0 Å². The Morgan fingerprint density at radius 3 is 2.94 bits per heavy atom. The number of benzene rings is 1. The molecule has 1 aromatic carbocycles. The van der Waals surface area contributed by atoms with Crippen LogP contribution in [0.25, 0.3) is 0 Å². The highest BCUT2D eigenvalue weighted by atomic mass is 16.5. The predicted octanol–water partition coefficient (Wildman–Crippen LogP) is 2.25. The standard InChI is InChI=1S/C13H18N2O2/c1-4-15-9(2)7-13(16)14-11-6-5-10(17-3)8-12(11)15/h5-6,8-9H,4,7H2,1-3H3,(H,14,16). The highest BCUT2D eigenvalue weighted by Crippen LogP contribution is 2.34. The molecule has 4 heteroatoms. The van der Waals surface area contributed by atoms with Gasteiger partial charge in [-0.1, -0.05) is 0 Å². The summed E-state index contributed by atoms with van der Waals surface area (Å²) in [6.07, 6.45) is 0.519. The van der Waals surface area contributed by atoms with Gasteiger partial charge in [-0.05, 0) is 26.0 Å². The summed E-state index contributed by atoms with van der Waals surface area (Å²) in [5.74, 6) is 0.880. The second-order valence-corrected chi connectivity index (χ2v) is 4.27. The maximum Gasteiger partial charge on any atom is 0.226 e. The van der Waals surface area contributed by atoms with Crippen molar-refractivity contribution in [3.63, 3.8) is 0 Å². The van der Waals surface area contributed by atoms with Crippen molar-refractivity contribution in [1.82, 2.24) is 0 Å². The van der Waals surface area contributed by atoms with Crippen LogP contribution >= 0.6 is 0 Å². The third kappa shape index (κ3) is 2.20. The number of carbonyl (C=O) groups is 1. The molecule has 0 bridgehead atoms. The first-order valence-corrected chi connectivity index (χ1v) is 5.90. The summed E-state index contributed by atoms with van der Waals surface area (Å²) in [4.78, 5) is 13.9. The van der Waals surface area contributed by atoms with E-state index in [2.05, 4.69) is 24.1 Å². The minimum absolute atomic E-state index is 0.0693. The minimum atomic E-state index is 0.0693. The van der Waals surface area contributed by atoms with E-state index in [0.29, 0.717) is 6.42 Å². The van der Waals surface area contributed by atoms with Crippen LogP contribution < -0.4 is 15.0 Å². The Hall–Kier alpha value is -1.71. The van der Waals surface area contributed by atoms with Crippen LogP contribution in [0.3, 0.4) is 0 Å². The molecule has 2 rings (SSSR count). The van der Waals surface area contributed by atoms with Crippen molar-refractivity contribution in [3.8, 4) is 5.75 Å². The Morgan fingerprint density at radius 1 is 1.53 bits per heavy atom. The first-order chi connectivity index (χ1) is 8.15. The van der Waals surface area contributed by atoms with Crippen LogP contribution in [-0.4, -0.2) is 25.6 Å². The quantitative estimate of drug-likeness (QED) is 0.853. The highest BCUT2D eigenvalue weighted by Gasteiger charge is 2.24. The fourth-order valence-corrected chi connectivity index (χ4v) is 2.28. The van der Waals surface area contributed by atoms with Gasteiger partial charge >= 0.3 is 0 Å². The van der Waals surface area contributed by atoms with Gasteiger partial charge in [0, 0.05) is 25.1 Å². The van der Waals surface area contributed by atoms with Gasteiger partial charge in [-0.15, -0.1) is 0 Å². The van der Waals surface area contributed by atoms with E-state index in [1.807, 2.05) is 18.2 Å². The van der Waals surface area contributed by atoms with E-state index in [-0.39, 0.29) is 11.9 Å². The lowest BCUT2D eigenvalue weighted by atomic mass is 10.2. The molecule has 1 aliphatic rings. The van der Waals surface area contributed by atoms with Crippen molar-refractivity contribution in [2.75, 3.05) is 23.9 Å². The van der Waals surface area contributed by atoms with Gasteiger partial charge in [0.15, 0.2) is 0 Å². The third-order valence-electron chi connectivity index (χ3n) is 3.14. The largest absolute Gasteiger partial charge is 0.497 e. The van der Waals surface area contributed by atoms with E-state index in [9.17, 15) is 4.79 Å². The fourth-order valence-electron chi connectivity index (χ4n) is 2.28. The number of rotatable bonds is 2. The molecular formula is C13H18N2O2. The normalized spacial score (nSPS) is 19.4. The molecule has 0 aromatic heterocycles. The van der Waals surface area contributed by atoms with Crippen molar-refractivity contribution >= 4 is 17.3 Å². The molecule has 0 aliphatic carbocycles. The lowest BCUT2D eigenvalue weighted by molar-refractivity contribution is -0.116. The molecule has 17 heavy (non-hydrogen) atoms. The van der Waals surface area contributed by atoms with Crippen LogP contribution in [0.1, 0.15) is 20.3 Å². The Kier molecular flexibility index (Phi) is 3.22. The summed E-state index contributed by atoms with van der Waals surface area (Å²) in [5, 5.41) is 2.93. The number of methoxy groups -OCH3 is 1. The molecular weight excluding hydrogens is 216 g/mol. The lowest BCUT2D eigenvalue weighted by Crippen LogP contribution is -2.33. The molecule has 1 amide bonds. The molecule has 0 radical (unpaired) electrons. The second-order valence-electron chi connectivity index (χ2n) is 4.27. The first kappa shape index (κ1) is 11.8. The van der Waals surface area contributed by atoms with Gasteiger partial charge in [0.2, 0.25) is 5.91 Å². The van der Waals surface area contributed by atoms with Gasteiger partial charge in [-0.3, -0.25) is 4.79 Å². The summed E-state index contributed by atoms with van der Waals surface area (Å²) in [6, 6.07) is 5.93. The Balaban J connectivity index is 2.48. The van der Waals surface area contributed by atoms with Crippen molar-refractivity contribution < 1.29 is 9.53 Å². The highest BCUT2D eigenvalue weighted by molar-refractivity contribution is 5.96. The summed E-state index contributed by atoms with van der Waals surface area (Å²) in [5.41, 5.74) is 1.90. The SMILES string of the molecule is CCN1c2cc(OC)ccc2NC(=O)CC1C. The summed E-state index contributed by atoms with van der Waals surface area (Å²) in [7, 11) is 1.65. The molecule has 1 N–H and O–H groups in total. The van der Waals surface area contributed by atoms with Crippen molar-refractivity contribution in [2.24, 2.45) is 0 Å². The second kappa shape index (κ2) is 4.65. The van der Waals surface area contributed by atoms with E-state index in [1.165, 1.54) is 0 Å². The molecule has 1 aromatic rings. The lowest BCUT2D eigenvalue weighted by Gasteiger charge is -2.28. The number of ether oxygens (including phenoxy) is 1. The third-order valence-corrected chi connectivity index (χ3v) is 3.14. The number of hydrogen-bond acceptors (Lipinski definition) is 3. The number of anilines is 2. The van der Waals surface area contributed by atoms with E-state index in [4.69, 9.17) is 4.74 Å². The van der Waals surface area contributed by atoms with Crippen LogP contribution in [0.15, 0.2) is 18.2 Å². The number of amides is 1. The van der Waals surface area contributed by atoms with Crippen LogP contribution in [0.5, 0.6) is 5.75 Å². The zero-order valence-corrected chi connectivity index (χ0v) is 10.5. The number of nitrogens with one attached hydrogen (secondary N) is 1. The summed E-state index contributed by atoms with van der Waals surface area (Å²) >= 11 is 0. The van der Waals surface area contributed by atoms with Gasteiger partial charge in [0.25, 0.3) is 0 Å². The maximum atomic E-state index is 11.7. The molecule has 1 heterocycles. The van der Waals surface area contributed by atoms with Crippen LogP contribution in [0, 0.1) is 0 Å². The molecule has 4 nitrogen and oxygen atoms in total. The number of fused-ring (bicyclic) bond motifs is 1. The van der Waals surface area contributed by atoms with Gasteiger partial charge in [-0.25, -0.2) is 0 Å². The van der Waals surface area contributed by atoms with Crippen LogP contribution in [0.4, 0.5) is 11.4 Å². The topological polar surface area (TPSA) is 41.6 Å². The molecule has 0 spiro atoms. The molecule has 1 aliphatic heterocycles. The minimum Gasteiger partial charge on any atom is -0.497 e. The molecule has 0 saturated carbocycles. The zero-order valence-electron chi connectivity index (χ0n) is 10.5. The molecule has 92 valence electrons. The summed E-state index contributed by atoms with van der Waals surface area (Å²) < 4.78 is 5.24. The van der Waals surface area contributed by atoms with Gasteiger partial charge < -0.3 is 15.0 Å². The van der Waals surface area contributed by atoms with E-state index < -0.39 is 0 Å². The smallest absolute Gasteiger partial charge is 0.226 e. The average Bonchev–Trinajstić information content (AvgIpc) is 2.42. The predicted molar refractivity (Wildman–Crippen MR) is 68.7 cm³/mol. The number of hydrogen-bond donors (Lipinski definition) is 1. The monoisotopic (exact) mass is 234 g/mol. The number of nitrogens with zero attached hydrogens (tertiary/aromatic N) is 1. The molecule has 1 unspecified atom stereocenters. The van der Waals surface area contributed by atoms with Gasteiger partial charge in [0.1, 0.15) is 5.75 Å². The molecule has 0 saturated heterocycles.